The highest BCUT2D eigenvalue weighted by Gasteiger charge is 2.26. The van der Waals surface area contributed by atoms with Gasteiger partial charge in [-0.3, -0.25) is 13.9 Å². The number of amides is 2. The van der Waals surface area contributed by atoms with E-state index >= 15 is 0 Å². The molecular formula is C34H44F2N4O5S. The first-order valence-corrected chi connectivity index (χ1v) is 17.1. The molecule has 9 nitrogen and oxygen atoms in total. The third-order valence-corrected chi connectivity index (χ3v) is 8.78. The number of halogens is 2. The summed E-state index contributed by atoms with van der Waals surface area (Å²) in [6, 6.07) is 13.6. The Morgan fingerprint density at radius 2 is 1.43 bits per heavy atom. The highest BCUT2D eigenvalue weighted by molar-refractivity contribution is 7.92. The lowest BCUT2D eigenvalue weighted by molar-refractivity contribution is 0.0554. The number of aliphatic hydroxyl groups is 1. The van der Waals surface area contributed by atoms with Crippen molar-refractivity contribution in [1.82, 2.24) is 9.80 Å². The van der Waals surface area contributed by atoms with Gasteiger partial charge in [-0.25, -0.2) is 17.2 Å². The molecule has 0 aromatic heterocycles. The molecule has 0 fully saturated rings. The van der Waals surface area contributed by atoms with Crippen LogP contribution in [0.1, 0.15) is 64.1 Å². The lowest BCUT2D eigenvalue weighted by Gasteiger charge is -2.29. The number of anilines is 1. The van der Waals surface area contributed by atoms with Crippen LogP contribution in [-0.2, 0) is 23.0 Å². The zero-order valence-electron chi connectivity index (χ0n) is 27.0. The van der Waals surface area contributed by atoms with E-state index in [1.807, 2.05) is 13.8 Å². The molecule has 46 heavy (non-hydrogen) atoms. The molecule has 3 rings (SSSR count). The molecule has 0 bridgehead atoms. The number of carbonyl (C=O) groups is 2. The van der Waals surface area contributed by atoms with E-state index in [0.29, 0.717) is 35.5 Å². The maximum absolute atomic E-state index is 14.1. The largest absolute Gasteiger partial charge is 0.390 e. The van der Waals surface area contributed by atoms with Crippen molar-refractivity contribution in [1.29, 1.82) is 0 Å². The molecule has 0 aliphatic carbocycles. The summed E-state index contributed by atoms with van der Waals surface area (Å²) in [5.74, 6) is -2.21. The molecule has 3 aromatic rings. The average molecular weight is 659 g/mol. The Morgan fingerprint density at radius 1 is 0.870 bits per heavy atom. The molecule has 0 radical (unpaired) electrons. The van der Waals surface area contributed by atoms with Crippen LogP contribution in [0.4, 0.5) is 14.5 Å². The van der Waals surface area contributed by atoms with Gasteiger partial charge in [0.15, 0.2) is 0 Å². The minimum absolute atomic E-state index is 0.0301. The monoisotopic (exact) mass is 658 g/mol. The van der Waals surface area contributed by atoms with Crippen LogP contribution in [0.15, 0.2) is 60.7 Å². The molecule has 2 atom stereocenters. The van der Waals surface area contributed by atoms with Gasteiger partial charge in [-0.15, -0.1) is 0 Å². The van der Waals surface area contributed by atoms with Crippen LogP contribution < -0.4 is 10.0 Å². The Bertz CT molecular complexity index is 1610. The number of nitrogens with zero attached hydrogens (tertiary/aromatic N) is 3. The Hall–Kier alpha value is -3.87. The van der Waals surface area contributed by atoms with Crippen molar-refractivity contribution in [3.8, 4) is 0 Å². The average Bonchev–Trinajstić information content (AvgIpc) is 2.98. The molecule has 0 saturated heterocycles. The number of hydrogen-bond acceptors (Lipinski definition) is 6. The molecule has 3 N–H and O–H groups in total. The third-order valence-electron chi connectivity index (χ3n) is 7.57. The molecule has 0 heterocycles. The first-order valence-electron chi connectivity index (χ1n) is 15.2. The number of aliphatic hydroxyl groups excluding tert-OH is 1. The number of sulfonamides is 1. The summed E-state index contributed by atoms with van der Waals surface area (Å²) >= 11 is 0. The predicted molar refractivity (Wildman–Crippen MR) is 176 cm³/mol. The zero-order chi connectivity index (χ0) is 34.2. The highest BCUT2D eigenvalue weighted by atomic mass is 32.2. The van der Waals surface area contributed by atoms with Gasteiger partial charge in [-0.2, -0.15) is 0 Å². The fraction of sp³-hybridized carbons (Fsp3) is 0.412. The van der Waals surface area contributed by atoms with Gasteiger partial charge in [0.1, 0.15) is 11.6 Å². The summed E-state index contributed by atoms with van der Waals surface area (Å²) in [6.07, 6.45) is 1.29. The van der Waals surface area contributed by atoms with E-state index in [2.05, 4.69) is 0 Å². The highest BCUT2D eigenvalue weighted by Crippen LogP contribution is 2.22. The number of hydrogen-bond donors (Lipinski definition) is 2. The van der Waals surface area contributed by atoms with E-state index in [0.717, 1.165) is 41.6 Å². The maximum Gasteiger partial charge on any atom is 0.254 e. The number of aryl methyl sites for hydroxylation is 1. The SMILES string of the molecule is CCCN(CCC)C(=O)c1cc(C)cc(C(=O)N(Cc2cccc(N(C)S(C)(=O)=O)c2)C[C@H](O)[C@H](N)Cc2cc(F)cc(F)c2)c1. The second kappa shape index (κ2) is 16.1. The fourth-order valence-corrected chi connectivity index (χ4v) is 5.73. The van der Waals surface area contributed by atoms with Crippen LogP contribution in [0.2, 0.25) is 0 Å². The number of carbonyl (C=O) groups excluding carboxylic acids is 2. The summed E-state index contributed by atoms with van der Waals surface area (Å²) in [5, 5.41) is 11.1. The van der Waals surface area contributed by atoms with E-state index in [-0.39, 0.29) is 36.5 Å². The second-order valence-corrected chi connectivity index (χ2v) is 13.7. The minimum Gasteiger partial charge on any atom is -0.390 e. The smallest absolute Gasteiger partial charge is 0.254 e. The first-order chi connectivity index (χ1) is 21.6. The minimum atomic E-state index is -3.55. The molecule has 0 spiro atoms. The number of rotatable bonds is 15. The Balaban J connectivity index is 1.98. The predicted octanol–water partition coefficient (Wildman–Crippen LogP) is 4.50. The second-order valence-electron chi connectivity index (χ2n) is 11.7. The quantitative estimate of drug-likeness (QED) is 0.248. The van der Waals surface area contributed by atoms with Gasteiger partial charge < -0.3 is 20.6 Å². The molecule has 2 amide bonds. The lowest BCUT2D eigenvalue weighted by atomic mass is 10.00. The van der Waals surface area contributed by atoms with Crippen molar-refractivity contribution >= 4 is 27.5 Å². The van der Waals surface area contributed by atoms with E-state index in [9.17, 15) is 31.9 Å². The maximum atomic E-state index is 14.1. The van der Waals surface area contributed by atoms with E-state index < -0.39 is 39.7 Å². The van der Waals surface area contributed by atoms with Crippen LogP contribution in [0.5, 0.6) is 0 Å². The van der Waals surface area contributed by atoms with Crippen LogP contribution >= 0.6 is 0 Å². The topological polar surface area (TPSA) is 124 Å². The zero-order valence-corrected chi connectivity index (χ0v) is 27.9. The normalized spacial score (nSPS) is 12.8. The third kappa shape index (κ3) is 10.1. The van der Waals surface area contributed by atoms with Gasteiger partial charge in [0.2, 0.25) is 10.0 Å². The molecule has 0 saturated carbocycles. The van der Waals surface area contributed by atoms with Crippen LogP contribution in [-0.4, -0.2) is 80.2 Å². The summed E-state index contributed by atoms with van der Waals surface area (Å²) < 4.78 is 53.0. The van der Waals surface area contributed by atoms with Crippen molar-refractivity contribution in [3.05, 3.63) is 100 Å². The molecule has 12 heteroatoms. The van der Waals surface area contributed by atoms with Crippen molar-refractivity contribution in [2.75, 3.05) is 37.2 Å². The van der Waals surface area contributed by atoms with Gasteiger partial charge >= 0.3 is 0 Å². The molecule has 250 valence electrons. The van der Waals surface area contributed by atoms with Crippen LogP contribution in [0.3, 0.4) is 0 Å². The van der Waals surface area contributed by atoms with Crippen LogP contribution in [0.25, 0.3) is 0 Å². The first kappa shape index (κ1) is 36.6. The molecule has 0 aliphatic heterocycles. The van der Waals surface area contributed by atoms with E-state index in [1.54, 1.807) is 54.3 Å². The van der Waals surface area contributed by atoms with E-state index in [1.165, 1.54) is 11.9 Å². The Labute approximate surface area is 270 Å². The summed E-state index contributed by atoms with van der Waals surface area (Å²) in [5.41, 5.74) is 8.78. The Kier molecular flexibility index (Phi) is 12.8. The summed E-state index contributed by atoms with van der Waals surface area (Å²) in [7, 11) is -2.14. The molecular weight excluding hydrogens is 614 g/mol. The van der Waals surface area contributed by atoms with Gasteiger partial charge in [0.05, 0.1) is 18.0 Å². The van der Waals surface area contributed by atoms with Crippen molar-refractivity contribution in [2.45, 2.75) is 58.7 Å². The summed E-state index contributed by atoms with van der Waals surface area (Å²) in [6.45, 7) is 6.64. The standard InChI is InChI=1S/C34H44F2N4O5S/c1-6-11-39(12-7-2)33(42)26-13-23(3)14-27(19-26)34(43)40(21-24-9-8-10-30(17-24)38(4)46(5,44)45)22-32(41)31(37)18-25-15-28(35)20-29(36)16-25/h8-10,13-17,19-20,31-32,41H,6-7,11-12,18,21-22,37H2,1-5H3/t31-,32+/m1/s1. The van der Waals surface area contributed by atoms with Gasteiger partial charge in [-0.1, -0.05) is 26.0 Å². The number of nitrogens with two attached hydrogens (primary N) is 1. The van der Waals surface area contributed by atoms with E-state index in [4.69, 9.17) is 5.73 Å². The fourth-order valence-electron chi connectivity index (χ4n) is 5.23. The summed E-state index contributed by atoms with van der Waals surface area (Å²) in [4.78, 5) is 30.7. The van der Waals surface area contributed by atoms with Gasteiger partial charge in [0, 0.05) is 56.5 Å². The van der Waals surface area contributed by atoms with Gasteiger partial charge in [0.25, 0.3) is 11.8 Å². The van der Waals surface area contributed by atoms with Gasteiger partial charge in [-0.05, 0) is 85.3 Å². The Morgan fingerprint density at radius 3 is 1.98 bits per heavy atom. The lowest BCUT2D eigenvalue weighted by Crippen LogP contribution is -2.46. The molecule has 3 aromatic carbocycles. The van der Waals surface area contributed by atoms with Crippen LogP contribution in [0, 0.1) is 18.6 Å². The van der Waals surface area contributed by atoms with Crippen molar-refractivity contribution < 1.29 is 31.9 Å². The van der Waals surface area contributed by atoms with Crippen molar-refractivity contribution in [3.63, 3.8) is 0 Å². The molecule has 0 aliphatic rings. The van der Waals surface area contributed by atoms with Crippen molar-refractivity contribution in [2.24, 2.45) is 5.73 Å². The number of benzene rings is 3. The molecule has 0 unspecified atom stereocenters.